The van der Waals surface area contributed by atoms with E-state index in [4.69, 9.17) is 0 Å². The van der Waals surface area contributed by atoms with E-state index in [0.717, 1.165) is 0 Å². The highest BCUT2D eigenvalue weighted by Gasteiger charge is 2.08. The van der Waals surface area contributed by atoms with Crippen molar-refractivity contribution in [2.45, 2.75) is 0 Å². The standard InChI is InChI=1S/C31H19N/c1-2-5-21-14-27-17-29-18-31-23(15-28(29)16-26(27)13-20(21)4-1)6-3-7-30(31)24-8-9-25-19-32-11-10-22(25)12-24/h1-19H. The molecule has 0 aliphatic heterocycles. The molecule has 1 nitrogen and oxygen atoms in total. The summed E-state index contributed by atoms with van der Waals surface area (Å²) in [6, 6.07) is 37.8. The number of hydrogen-bond donors (Lipinski definition) is 0. The smallest absolute Gasteiger partial charge is 0.0346 e. The van der Waals surface area contributed by atoms with E-state index < -0.39 is 0 Å². The molecule has 7 aromatic rings. The molecule has 0 N–H and O–H groups in total. The molecule has 0 unspecified atom stereocenters. The number of pyridine rings is 1. The second-order valence-corrected chi connectivity index (χ2v) is 8.56. The van der Waals surface area contributed by atoms with Crippen LogP contribution in [0.5, 0.6) is 0 Å². The Morgan fingerprint density at radius 1 is 0.406 bits per heavy atom. The summed E-state index contributed by atoms with van der Waals surface area (Å²) in [5.41, 5.74) is 2.50. The normalized spacial score (nSPS) is 11.8. The first-order chi connectivity index (χ1) is 15.8. The Kier molecular flexibility index (Phi) is 3.62. The average Bonchev–Trinajstić information content (AvgIpc) is 2.84. The SMILES string of the molecule is c1ccc2cc3cc4cc5c(-c6ccc7cnccc7c6)cccc5cc4cc3cc2c1. The summed E-state index contributed by atoms with van der Waals surface area (Å²) in [7, 11) is 0. The molecule has 0 spiro atoms. The molecule has 7 rings (SSSR count). The topological polar surface area (TPSA) is 12.9 Å². The largest absolute Gasteiger partial charge is 0.264 e. The summed E-state index contributed by atoms with van der Waals surface area (Å²) in [4.78, 5) is 4.24. The summed E-state index contributed by atoms with van der Waals surface area (Å²) < 4.78 is 0. The van der Waals surface area contributed by atoms with Crippen molar-refractivity contribution in [3.8, 4) is 11.1 Å². The van der Waals surface area contributed by atoms with Gasteiger partial charge in [-0.2, -0.15) is 0 Å². The Hall–Kier alpha value is -4.23. The lowest BCUT2D eigenvalue weighted by Crippen LogP contribution is -1.85. The molecule has 1 heterocycles. The molecule has 0 fully saturated rings. The number of hydrogen-bond acceptors (Lipinski definition) is 1. The molecular weight excluding hydrogens is 386 g/mol. The number of rotatable bonds is 1. The molecule has 0 bridgehead atoms. The lowest BCUT2D eigenvalue weighted by molar-refractivity contribution is 1.36. The maximum Gasteiger partial charge on any atom is 0.0346 e. The number of nitrogens with zero attached hydrogens (tertiary/aromatic N) is 1. The van der Waals surface area contributed by atoms with Crippen LogP contribution >= 0.6 is 0 Å². The van der Waals surface area contributed by atoms with Crippen LogP contribution in [0.15, 0.2) is 116 Å². The van der Waals surface area contributed by atoms with Crippen molar-refractivity contribution in [3.63, 3.8) is 0 Å². The third-order valence-corrected chi connectivity index (χ3v) is 6.61. The Balaban J connectivity index is 1.50. The lowest BCUT2D eigenvalue weighted by atomic mass is 9.93. The van der Waals surface area contributed by atoms with Crippen LogP contribution in [0.4, 0.5) is 0 Å². The van der Waals surface area contributed by atoms with Gasteiger partial charge < -0.3 is 0 Å². The van der Waals surface area contributed by atoms with Crippen molar-refractivity contribution < 1.29 is 0 Å². The molecule has 32 heavy (non-hydrogen) atoms. The van der Waals surface area contributed by atoms with Gasteiger partial charge in [0.25, 0.3) is 0 Å². The lowest BCUT2D eigenvalue weighted by Gasteiger charge is -2.11. The maximum absolute atomic E-state index is 4.24. The minimum atomic E-state index is 1.17. The van der Waals surface area contributed by atoms with Crippen LogP contribution in [0.25, 0.3) is 65.0 Å². The van der Waals surface area contributed by atoms with Crippen molar-refractivity contribution in [3.05, 3.63) is 116 Å². The van der Waals surface area contributed by atoms with Crippen molar-refractivity contribution in [1.29, 1.82) is 0 Å². The average molecular weight is 406 g/mol. The quantitative estimate of drug-likeness (QED) is 0.249. The fourth-order valence-corrected chi connectivity index (χ4v) is 4.97. The molecule has 1 aromatic heterocycles. The molecule has 0 radical (unpaired) electrons. The van der Waals surface area contributed by atoms with E-state index in [-0.39, 0.29) is 0 Å². The molecule has 0 aliphatic carbocycles. The summed E-state index contributed by atoms with van der Waals surface area (Å²) >= 11 is 0. The van der Waals surface area contributed by atoms with Crippen LogP contribution in [-0.4, -0.2) is 4.98 Å². The third kappa shape index (κ3) is 2.68. The van der Waals surface area contributed by atoms with Gasteiger partial charge in [-0.25, -0.2) is 0 Å². The Bertz CT molecular complexity index is 1830. The number of benzene rings is 6. The Labute approximate surface area is 185 Å². The molecule has 0 amide bonds. The van der Waals surface area contributed by atoms with Crippen molar-refractivity contribution in [2.24, 2.45) is 0 Å². The van der Waals surface area contributed by atoms with E-state index in [1.165, 1.54) is 65.0 Å². The maximum atomic E-state index is 4.24. The first-order valence-electron chi connectivity index (χ1n) is 11.0. The van der Waals surface area contributed by atoms with Gasteiger partial charge in [0.05, 0.1) is 0 Å². The van der Waals surface area contributed by atoms with Gasteiger partial charge in [-0.1, -0.05) is 54.6 Å². The van der Waals surface area contributed by atoms with Gasteiger partial charge in [-0.15, -0.1) is 0 Å². The fraction of sp³-hybridized carbons (Fsp3) is 0. The van der Waals surface area contributed by atoms with Crippen LogP contribution in [0, 0.1) is 0 Å². The molecule has 0 atom stereocenters. The highest BCUT2D eigenvalue weighted by Crippen LogP contribution is 2.35. The van der Waals surface area contributed by atoms with Crippen molar-refractivity contribution >= 4 is 53.9 Å². The van der Waals surface area contributed by atoms with E-state index in [9.17, 15) is 0 Å². The molecule has 6 aromatic carbocycles. The first-order valence-corrected chi connectivity index (χ1v) is 11.0. The monoisotopic (exact) mass is 405 g/mol. The van der Waals surface area contributed by atoms with Gasteiger partial charge in [-0.05, 0) is 108 Å². The minimum Gasteiger partial charge on any atom is -0.264 e. The van der Waals surface area contributed by atoms with Gasteiger partial charge in [0.1, 0.15) is 0 Å². The summed E-state index contributed by atoms with van der Waals surface area (Å²) in [6.45, 7) is 0. The van der Waals surface area contributed by atoms with E-state index >= 15 is 0 Å². The minimum absolute atomic E-state index is 1.17. The van der Waals surface area contributed by atoms with E-state index in [0.29, 0.717) is 0 Å². The van der Waals surface area contributed by atoms with Crippen LogP contribution < -0.4 is 0 Å². The molecule has 0 saturated heterocycles. The van der Waals surface area contributed by atoms with Crippen LogP contribution in [-0.2, 0) is 0 Å². The number of aromatic nitrogens is 1. The predicted molar refractivity (Wildman–Crippen MR) is 137 cm³/mol. The fourth-order valence-electron chi connectivity index (χ4n) is 4.97. The summed E-state index contributed by atoms with van der Waals surface area (Å²) in [6.07, 6.45) is 3.78. The molecule has 148 valence electrons. The number of fused-ring (bicyclic) bond motifs is 5. The Morgan fingerprint density at radius 3 is 1.81 bits per heavy atom. The molecule has 0 aliphatic rings. The third-order valence-electron chi connectivity index (χ3n) is 6.61. The van der Waals surface area contributed by atoms with Crippen LogP contribution in [0.1, 0.15) is 0 Å². The second-order valence-electron chi connectivity index (χ2n) is 8.56. The van der Waals surface area contributed by atoms with Crippen molar-refractivity contribution in [2.75, 3.05) is 0 Å². The van der Waals surface area contributed by atoms with Crippen LogP contribution in [0.3, 0.4) is 0 Å². The zero-order valence-electron chi connectivity index (χ0n) is 17.4. The first kappa shape index (κ1) is 17.5. The molecular formula is C31H19N. The van der Waals surface area contributed by atoms with E-state index in [2.05, 4.69) is 108 Å². The van der Waals surface area contributed by atoms with Gasteiger partial charge in [0, 0.05) is 17.8 Å². The van der Waals surface area contributed by atoms with Gasteiger partial charge in [0.15, 0.2) is 0 Å². The summed E-state index contributed by atoms with van der Waals surface area (Å²) in [5, 5.41) is 12.6. The Morgan fingerprint density at radius 2 is 1.03 bits per heavy atom. The van der Waals surface area contributed by atoms with Crippen molar-refractivity contribution in [1.82, 2.24) is 4.98 Å². The van der Waals surface area contributed by atoms with Gasteiger partial charge in [-0.3, -0.25) is 4.98 Å². The van der Waals surface area contributed by atoms with E-state index in [1.54, 1.807) is 0 Å². The van der Waals surface area contributed by atoms with Crippen LogP contribution in [0.2, 0.25) is 0 Å². The van der Waals surface area contributed by atoms with E-state index in [1.807, 2.05) is 12.4 Å². The van der Waals surface area contributed by atoms with Gasteiger partial charge in [0.2, 0.25) is 0 Å². The molecule has 0 saturated carbocycles. The van der Waals surface area contributed by atoms with Gasteiger partial charge >= 0.3 is 0 Å². The predicted octanol–water partition coefficient (Wildman–Crippen LogP) is 8.51. The highest BCUT2D eigenvalue weighted by molar-refractivity contribution is 6.10. The zero-order chi connectivity index (χ0) is 21.1. The zero-order valence-corrected chi connectivity index (χ0v) is 17.4. The molecule has 1 heteroatoms. The second kappa shape index (κ2) is 6.63. The summed E-state index contributed by atoms with van der Waals surface area (Å²) in [5.74, 6) is 0. The highest BCUT2D eigenvalue weighted by atomic mass is 14.6.